The lowest BCUT2D eigenvalue weighted by Gasteiger charge is -2.44. The van der Waals surface area contributed by atoms with Crippen molar-refractivity contribution in [1.82, 2.24) is 10.2 Å². The van der Waals surface area contributed by atoms with E-state index in [1.54, 1.807) is 19.1 Å². The summed E-state index contributed by atoms with van der Waals surface area (Å²) >= 11 is 12.2. The molecule has 4 rings (SSSR count). The lowest BCUT2D eigenvalue weighted by Crippen LogP contribution is -2.51. The summed E-state index contributed by atoms with van der Waals surface area (Å²) in [6.45, 7) is 4.40. The zero-order valence-corrected chi connectivity index (χ0v) is 23.9. The second-order valence-corrected chi connectivity index (χ2v) is 12.5. The standard InChI is InChI=1S/C28H30Cl2N4O4S/c1-17-11-22(28(36)32-18(2)27(31)35)13-25(12-17)33-39(37,38)16-19-14-34(15-19)26(20-3-7-23(29)8-4-20)21-5-9-24(30)10-6-21/h3-13,18-19,26,33H,14-16H2,1-2H3,(H2,31,35)(H,32,36). The number of anilines is 1. The van der Waals surface area contributed by atoms with Crippen LogP contribution in [0.2, 0.25) is 10.0 Å². The van der Waals surface area contributed by atoms with Crippen LogP contribution in [0.5, 0.6) is 0 Å². The Labute approximate surface area is 238 Å². The molecule has 39 heavy (non-hydrogen) atoms. The Balaban J connectivity index is 1.43. The molecule has 0 spiro atoms. The van der Waals surface area contributed by atoms with E-state index in [0.717, 1.165) is 11.1 Å². The molecule has 0 bridgehead atoms. The number of sulfonamides is 1. The predicted octanol–water partition coefficient (Wildman–Crippen LogP) is 4.37. The Hall–Kier alpha value is -3.11. The minimum Gasteiger partial charge on any atom is -0.368 e. The van der Waals surface area contributed by atoms with E-state index in [1.165, 1.54) is 13.0 Å². The molecule has 0 radical (unpaired) electrons. The van der Waals surface area contributed by atoms with Crippen LogP contribution >= 0.6 is 23.2 Å². The molecule has 206 valence electrons. The zero-order valence-electron chi connectivity index (χ0n) is 21.5. The molecule has 1 aliphatic rings. The van der Waals surface area contributed by atoms with Gasteiger partial charge in [-0.05, 0) is 73.0 Å². The van der Waals surface area contributed by atoms with Crippen LogP contribution in [0.1, 0.15) is 40.0 Å². The molecule has 8 nitrogen and oxygen atoms in total. The summed E-state index contributed by atoms with van der Waals surface area (Å²) in [7, 11) is -3.70. The van der Waals surface area contributed by atoms with Crippen molar-refractivity contribution in [2.24, 2.45) is 11.7 Å². The van der Waals surface area contributed by atoms with Crippen molar-refractivity contribution in [3.05, 3.63) is 99.0 Å². The molecule has 3 aromatic rings. The van der Waals surface area contributed by atoms with E-state index in [2.05, 4.69) is 14.9 Å². The van der Waals surface area contributed by atoms with Gasteiger partial charge in [-0.3, -0.25) is 19.2 Å². The van der Waals surface area contributed by atoms with Crippen molar-refractivity contribution >= 4 is 50.7 Å². The van der Waals surface area contributed by atoms with Gasteiger partial charge in [0.25, 0.3) is 5.91 Å². The normalized spacial score (nSPS) is 15.0. The Morgan fingerprint density at radius 2 is 1.51 bits per heavy atom. The number of likely N-dealkylation sites (tertiary alicyclic amines) is 1. The molecule has 1 heterocycles. The molecule has 1 unspecified atom stereocenters. The van der Waals surface area contributed by atoms with Crippen molar-refractivity contribution < 1.29 is 18.0 Å². The highest BCUT2D eigenvalue weighted by atomic mass is 35.5. The first-order valence-corrected chi connectivity index (χ1v) is 14.8. The number of nitrogens with two attached hydrogens (primary N) is 1. The number of carbonyl (C=O) groups excluding carboxylic acids is 2. The van der Waals surface area contributed by atoms with E-state index in [-0.39, 0.29) is 29.0 Å². The highest BCUT2D eigenvalue weighted by Gasteiger charge is 2.36. The van der Waals surface area contributed by atoms with Crippen molar-refractivity contribution in [3.8, 4) is 0 Å². The van der Waals surface area contributed by atoms with E-state index in [0.29, 0.717) is 28.7 Å². The van der Waals surface area contributed by atoms with Gasteiger partial charge in [-0.15, -0.1) is 0 Å². The number of aryl methyl sites for hydroxylation is 1. The topological polar surface area (TPSA) is 122 Å². The zero-order chi connectivity index (χ0) is 28.3. The lowest BCUT2D eigenvalue weighted by atomic mass is 9.91. The first-order chi connectivity index (χ1) is 18.4. The fraction of sp³-hybridized carbons (Fsp3) is 0.286. The molecule has 1 atom stereocenters. The first-order valence-electron chi connectivity index (χ1n) is 12.4. The molecule has 4 N–H and O–H groups in total. The smallest absolute Gasteiger partial charge is 0.252 e. The molecule has 11 heteroatoms. The minimum absolute atomic E-state index is 0.0629. The number of carbonyl (C=O) groups is 2. The molecule has 0 aromatic heterocycles. The quantitative estimate of drug-likeness (QED) is 0.324. The van der Waals surface area contributed by atoms with E-state index < -0.39 is 27.9 Å². The Morgan fingerprint density at radius 1 is 0.974 bits per heavy atom. The van der Waals surface area contributed by atoms with Crippen LogP contribution in [-0.2, 0) is 14.8 Å². The molecule has 2 amide bonds. The summed E-state index contributed by atoms with van der Waals surface area (Å²) in [5, 5.41) is 3.79. The van der Waals surface area contributed by atoms with Gasteiger partial charge in [0.2, 0.25) is 15.9 Å². The lowest BCUT2D eigenvalue weighted by molar-refractivity contribution is -0.119. The Kier molecular flexibility index (Phi) is 8.86. The van der Waals surface area contributed by atoms with Gasteiger partial charge in [-0.25, -0.2) is 8.42 Å². The average molecular weight is 590 g/mol. The van der Waals surface area contributed by atoms with Crippen LogP contribution in [0.25, 0.3) is 0 Å². The van der Waals surface area contributed by atoms with Crippen molar-refractivity contribution in [1.29, 1.82) is 0 Å². The van der Waals surface area contributed by atoms with Crippen LogP contribution in [0.3, 0.4) is 0 Å². The monoisotopic (exact) mass is 588 g/mol. The van der Waals surface area contributed by atoms with Gasteiger partial charge < -0.3 is 11.1 Å². The second-order valence-electron chi connectivity index (χ2n) is 9.89. The number of amides is 2. The highest BCUT2D eigenvalue weighted by Crippen LogP contribution is 2.36. The van der Waals surface area contributed by atoms with E-state index in [9.17, 15) is 18.0 Å². The molecular weight excluding hydrogens is 559 g/mol. The summed E-state index contributed by atoms with van der Waals surface area (Å²) in [5.41, 5.74) is 8.52. The number of benzene rings is 3. The number of rotatable bonds is 10. The maximum Gasteiger partial charge on any atom is 0.252 e. The number of hydrogen-bond acceptors (Lipinski definition) is 5. The summed E-state index contributed by atoms with van der Waals surface area (Å²) in [6.07, 6.45) is 0. The highest BCUT2D eigenvalue weighted by molar-refractivity contribution is 7.92. The molecular formula is C28H30Cl2N4O4S. The van der Waals surface area contributed by atoms with Gasteiger partial charge in [0.15, 0.2) is 0 Å². The second kappa shape index (κ2) is 12.0. The summed E-state index contributed by atoms with van der Waals surface area (Å²) in [6, 6.07) is 19.1. The van der Waals surface area contributed by atoms with Crippen molar-refractivity contribution in [3.63, 3.8) is 0 Å². The van der Waals surface area contributed by atoms with Crippen molar-refractivity contribution in [2.75, 3.05) is 23.6 Å². The van der Waals surface area contributed by atoms with Gasteiger partial charge in [0.1, 0.15) is 6.04 Å². The van der Waals surface area contributed by atoms with Crippen LogP contribution < -0.4 is 15.8 Å². The average Bonchev–Trinajstić information content (AvgIpc) is 2.83. The molecule has 1 aliphatic heterocycles. The third kappa shape index (κ3) is 7.51. The summed E-state index contributed by atoms with van der Waals surface area (Å²) < 4.78 is 28.7. The number of halogens is 2. The third-order valence-electron chi connectivity index (χ3n) is 6.56. The number of nitrogens with one attached hydrogen (secondary N) is 2. The molecule has 3 aromatic carbocycles. The Bertz CT molecular complexity index is 1410. The fourth-order valence-electron chi connectivity index (χ4n) is 4.69. The Morgan fingerprint density at radius 3 is 2.03 bits per heavy atom. The third-order valence-corrected chi connectivity index (χ3v) is 8.53. The maximum absolute atomic E-state index is 13.0. The van der Waals surface area contributed by atoms with Crippen LogP contribution in [0.4, 0.5) is 5.69 Å². The number of primary amides is 1. The fourth-order valence-corrected chi connectivity index (χ4v) is 6.33. The first kappa shape index (κ1) is 28.9. The van der Waals surface area contributed by atoms with Crippen LogP contribution in [0.15, 0.2) is 66.7 Å². The molecule has 1 saturated heterocycles. The minimum atomic E-state index is -3.70. The predicted molar refractivity (Wildman–Crippen MR) is 155 cm³/mol. The SMILES string of the molecule is Cc1cc(NS(=O)(=O)CC2CN(C(c3ccc(Cl)cc3)c3ccc(Cl)cc3)C2)cc(C(=O)NC(C)C(N)=O)c1. The van der Waals surface area contributed by atoms with E-state index in [4.69, 9.17) is 28.9 Å². The number of nitrogens with zero attached hydrogens (tertiary/aromatic N) is 1. The maximum atomic E-state index is 13.0. The van der Waals surface area contributed by atoms with Crippen molar-refractivity contribution in [2.45, 2.75) is 25.9 Å². The van der Waals surface area contributed by atoms with Gasteiger partial charge in [-0.1, -0.05) is 47.5 Å². The van der Waals surface area contributed by atoms with Crippen LogP contribution in [0, 0.1) is 12.8 Å². The summed E-state index contributed by atoms with van der Waals surface area (Å²) in [5.74, 6) is -1.32. The van der Waals surface area contributed by atoms with Gasteiger partial charge in [0, 0.05) is 40.3 Å². The summed E-state index contributed by atoms with van der Waals surface area (Å²) in [4.78, 5) is 26.0. The van der Waals surface area contributed by atoms with Crippen LogP contribution in [-0.4, -0.2) is 50.0 Å². The van der Waals surface area contributed by atoms with E-state index in [1.807, 2.05) is 48.5 Å². The van der Waals surface area contributed by atoms with Gasteiger partial charge >= 0.3 is 0 Å². The molecule has 1 fully saturated rings. The van der Waals surface area contributed by atoms with Gasteiger partial charge in [-0.2, -0.15) is 0 Å². The molecule has 0 aliphatic carbocycles. The van der Waals surface area contributed by atoms with E-state index >= 15 is 0 Å². The number of hydrogen-bond donors (Lipinski definition) is 3. The molecule has 0 saturated carbocycles. The van der Waals surface area contributed by atoms with Gasteiger partial charge in [0.05, 0.1) is 11.8 Å². The largest absolute Gasteiger partial charge is 0.368 e.